The molecule has 0 bridgehead atoms. The molecule has 3 heterocycles. The summed E-state index contributed by atoms with van der Waals surface area (Å²) in [6, 6.07) is -4.00. The van der Waals surface area contributed by atoms with Gasteiger partial charge < -0.3 is 93.5 Å². The highest BCUT2D eigenvalue weighted by atomic mass is 16.8. The molecule has 0 aromatic heterocycles. The second-order valence-corrected chi connectivity index (χ2v) is 11.5. The molecule has 1 aliphatic carbocycles. The quantitative estimate of drug-likeness (QED) is 0.109. The van der Waals surface area contributed by atoms with Crippen LogP contribution < -0.4 is 34.4 Å². The highest BCUT2D eigenvalue weighted by Crippen LogP contribution is 2.34. The van der Waals surface area contributed by atoms with E-state index in [0.717, 1.165) is 0 Å². The normalized spacial score (nSPS) is 51.0. The number of aliphatic hydroxyl groups excluding tert-OH is 6. The van der Waals surface area contributed by atoms with Crippen molar-refractivity contribution < 1.29 is 59.1 Å². The van der Waals surface area contributed by atoms with E-state index in [-0.39, 0.29) is 19.6 Å². The predicted octanol–water partition coefficient (Wildman–Crippen LogP) is -7.48. The fourth-order valence-corrected chi connectivity index (χ4v) is 5.87. The van der Waals surface area contributed by atoms with Crippen LogP contribution in [0.1, 0.15) is 19.3 Å². The van der Waals surface area contributed by atoms with Crippen LogP contribution in [-0.2, 0) is 28.4 Å². The fourth-order valence-electron chi connectivity index (χ4n) is 5.87. The Kier molecular flexibility index (Phi) is 11.9. The zero-order valence-electron chi connectivity index (χ0n) is 23.2. The van der Waals surface area contributed by atoms with Crippen LogP contribution in [0.4, 0.5) is 0 Å². The van der Waals surface area contributed by atoms with Gasteiger partial charge in [0.15, 0.2) is 18.9 Å². The van der Waals surface area contributed by atoms with Crippen LogP contribution in [0, 0.1) is 0 Å². The zero-order valence-corrected chi connectivity index (χ0v) is 23.2. The topological polar surface area (TPSA) is 333 Å². The van der Waals surface area contributed by atoms with Gasteiger partial charge in [0.2, 0.25) is 0 Å². The van der Waals surface area contributed by atoms with Crippen molar-refractivity contribution in [2.45, 2.75) is 129 Å². The third-order valence-electron chi connectivity index (χ3n) is 8.52. The second kappa shape index (κ2) is 14.6. The molecule has 0 spiro atoms. The van der Waals surface area contributed by atoms with Crippen LogP contribution in [0.5, 0.6) is 0 Å². The minimum Gasteiger partial charge on any atom is -0.395 e. The molecule has 246 valence electrons. The first-order valence-electron chi connectivity index (χ1n) is 14.3. The van der Waals surface area contributed by atoms with Crippen molar-refractivity contribution in [3.05, 3.63) is 0 Å². The summed E-state index contributed by atoms with van der Waals surface area (Å²) in [4.78, 5) is 0. The van der Waals surface area contributed by atoms with Crippen molar-refractivity contribution in [2.24, 2.45) is 34.4 Å². The summed E-state index contributed by atoms with van der Waals surface area (Å²) in [5.74, 6) is 0. The van der Waals surface area contributed by atoms with Crippen molar-refractivity contribution in [1.29, 1.82) is 0 Å². The van der Waals surface area contributed by atoms with Crippen LogP contribution in [0.25, 0.3) is 0 Å². The van der Waals surface area contributed by atoms with Gasteiger partial charge in [-0.05, 0) is 19.3 Å². The number of aliphatic hydroxyl groups is 6. The van der Waals surface area contributed by atoms with Gasteiger partial charge in [-0.2, -0.15) is 0 Å². The molecule has 4 aliphatic rings. The lowest BCUT2D eigenvalue weighted by molar-refractivity contribution is -0.290. The second-order valence-electron chi connectivity index (χ2n) is 11.5. The summed E-state index contributed by atoms with van der Waals surface area (Å²) in [5, 5.41) is 62.0. The van der Waals surface area contributed by atoms with Gasteiger partial charge in [0.25, 0.3) is 0 Å². The molecule has 18 atom stereocenters. The maximum atomic E-state index is 11.1. The Morgan fingerprint density at radius 2 is 1.31 bits per heavy atom. The van der Waals surface area contributed by atoms with E-state index in [1.54, 1.807) is 0 Å². The number of ether oxygens (including phenoxy) is 6. The van der Waals surface area contributed by atoms with Gasteiger partial charge in [-0.1, -0.05) is 0 Å². The third kappa shape index (κ3) is 7.06. The van der Waals surface area contributed by atoms with Crippen LogP contribution >= 0.6 is 0 Å². The van der Waals surface area contributed by atoms with Gasteiger partial charge in [-0.15, -0.1) is 0 Å². The molecule has 0 radical (unpaired) electrons. The maximum absolute atomic E-state index is 11.1. The molecule has 0 aromatic rings. The third-order valence-corrected chi connectivity index (χ3v) is 8.52. The molecular weight excluding hydrogens is 564 g/mol. The Hall–Kier alpha value is -0.720. The molecule has 0 aromatic carbocycles. The average Bonchev–Trinajstić information content (AvgIpc) is 3.27. The lowest BCUT2D eigenvalue weighted by atomic mass is 9.84. The van der Waals surface area contributed by atoms with E-state index in [2.05, 4.69) is 0 Å². The maximum Gasteiger partial charge on any atom is 0.187 e. The fraction of sp³-hybridized carbons (Fsp3) is 1.00. The van der Waals surface area contributed by atoms with Gasteiger partial charge in [0.1, 0.15) is 48.8 Å². The highest BCUT2D eigenvalue weighted by molar-refractivity contribution is 5.01. The lowest BCUT2D eigenvalue weighted by Gasteiger charge is -2.46. The van der Waals surface area contributed by atoms with Crippen molar-refractivity contribution in [3.63, 3.8) is 0 Å². The smallest absolute Gasteiger partial charge is 0.187 e. The molecule has 18 unspecified atom stereocenters. The number of hydrogen-bond donors (Lipinski definition) is 12. The molecule has 18 N–H and O–H groups in total. The summed E-state index contributed by atoms with van der Waals surface area (Å²) in [6.07, 6.45) is -14.5. The van der Waals surface area contributed by atoms with Crippen LogP contribution in [0.15, 0.2) is 0 Å². The Balaban J connectivity index is 1.48. The minimum atomic E-state index is -1.55. The van der Waals surface area contributed by atoms with E-state index in [9.17, 15) is 30.6 Å². The highest BCUT2D eigenvalue weighted by Gasteiger charge is 2.53. The first kappa shape index (κ1) is 34.2. The molecule has 3 aliphatic heterocycles. The van der Waals surface area contributed by atoms with Crippen molar-refractivity contribution in [2.75, 3.05) is 19.8 Å². The van der Waals surface area contributed by atoms with E-state index in [4.69, 9.17) is 62.8 Å². The Morgan fingerprint density at radius 1 is 0.667 bits per heavy atom. The molecule has 18 nitrogen and oxygen atoms in total. The molecule has 0 amide bonds. The molecule has 1 saturated carbocycles. The van der Waals surface area contributed by atoms with Crippen LogP contribution in [-0.4, -0.2) is 161 Å². The summed E-state index contributed by atoms with van der Waals surface area (Å²) in [6.45, 7) is -1.06. The van der Waals surface area contributed by atoms with Crippen molar-refractivity contribution >= 4 is 0 Å². The number of nitrogens with two attached hydrogens (primary N) is 6. The SMILES string of the molecule is NCC1OC(OC2C(CO)OC(OC3C(O)C(N)CC(N)C3OC3OC(C(N)CO)CCC3N)C2O)C(N)C(O)C1O. The first-order valence-corrected chi connectivity index (χ1v) is 14.3. The standard InChI is InChI=1S/C24H48N6O12/c25-4-12-16(34)17(35)14(30)23(38-12)41-20-13(6-32)39-24(18(20)36)42-21-15(33)8(27)3-9(28)19(21)40-22-7(26)1-2-11(37-22)10(29)5-31/h7-24,31-36H,1-6,25-30H2. The average molecular weight is 613 g/mol. The molecule has 3 saturated heterocycles. The van der Waals surface area contributed by atoms with Crippen LogP contribution in [0.2, 0.25) is 0 Å². The Labute approximate surface area is 243 Å². The van der Waals surface area contributed by atoms with Gasteiger partial charge in [0.05, 0.1) is 43.5 Å². The molecule has 4 rings (SSSR count). The minimum absolute atomic E-state index is 0.147. The van der Waals surface area contributed by atoms with E-state index in [0.29, 0.717) is 12.8 Å². The van der Waals surface area contributed by atoms with E-state index in [1.807, 2.05) is 0 Å². The lowest BCUT2D eigenvalue weighted by Crippen LogP contribution is -2.65. The van der Waals surface area contributed by atoms with E-state index in [1.165, 1.54) is 0 Å². The van der Waals surface area contributed by atoms with E-state index >= 15 is 0 Å². The molecule has 42 heavy (non-hydrogen) atoms. The predicted molar refractivity (Wildman–Crippen MR) is 142 cm³/mol. The largest absolute Gasteiger partial charge is 0.395 e. The van der Waals surface area contributed by atoms with Gasteiger partial charge in [-0.25, -0.2) is 0 Å². The number of rotatable bonds is 10. The first-order chi connectivity index (χ1) is 19.9. The van der Waals surface area contributed by atoms with Gasteiger partial charge >= 0.3 is 0 Å². The molecular formula is C24H48N6O12. The van der Waals surface area contributed by atoms with Crippen molar-refractivity contribution in [3.8, 4) is 0 Å². The van der Waals surface area contributed by atoms with E-state index < -0.39 is 117 Å². The summed E-state index contributed by atoms with van der Waals surface area (Å²) >= 11 is 0. The number of hydrogen-bond acceptors (Lipinski definition) is 18. The molecule has 4 fully saturated rings. The molecule has 18 heteroatoms. The summed E-state index contributed by atoms with van der Waals surface area (Å²) < 4.78 is 35.2. The summed E-state index contributed by atoms with van der Waals surface area (Å²) in [5.41, 5.74) is 36.3. The Bertz CT molecular complexity index is 854. The van der Waals surface area contributed by atoms with Gasteiger partial charge in [-0.3, -0.25) is 0 Å². The zero-order chi connectivity index (χ0) is 30.9. The summed E-state index contributed by atoms with van der Waals surface area (Å²) in [7, 11) is 0. The van der Waals surface area contributed by atoms with Crippen molar-refractivity contribution in [1.82, 2.24) is 0 Å². The monoisotopic (exact) mass is 612 g/mol. The van der Waals surface area contributed by atoms with Gasteiger partial charge in [0, 0.05) is 18.6 Å². The Morgan fingerprint density at radius 3 is 1.95 bits per heavy atom. The van der Waals surface area contributed by atoms with Crippen LogP contribution in [0.3, 0.4) is 0 Å².